The number of aryl methyl sites for hydroxylation is 1. The van der Waals surface area contributed by atoms with E-state index in [1.165, 1.54) is 5.56 Å². The average molecular weight is 340 g/mol. The molecule has 1 fully saturated rings. The predicted molar refractivity (Wildman–Crippen MR) is 99.8 cm³/mol. The molecule has 0 saturated carbocycles. The zero-order valence-corrected chi connectivity index (χ0v) is 15.4. The van der Waals surface area contributed by atoms with Crippen molar-refractivity contribution in [2.45, 2.75) is 46.3 Å². The van der Waals surface area contributed by atoms with E-state index in [4.69, 9.17) is 0 Å². The van der Waals surface area contributed by atoms with Crippen molar-refractivity contribution in [2.75, 3.05) is 13.1 Å². The second kappa shape index (κ2) is 7.44. The molecular weight excluding hydrogens is 312 g/mol. The lowest BCUT2D eigenvalue weighted by Gasteiger charge is -2.34. The molecule has 2 unspecified atom stereocenters. The van der Waals surface area contributed by atoms with Crippen molar-refractivity contribution in [3.05, 3.63) is 58.9 Å². The Morgan fingerprint density at radius 3 is 2.68 bits per heavy atom. The first-order valence-corrected chi connectivity index (χ1v) is 9.15. The van der Waals surface area contributed by atoms with E-state index in [0.29, 0.717) is 6.54 Å². The molecule has 1 aliphatic rings. The molecule has 2 atom stereocenters. The fourth-order valence-electron chi connectivity index (χ4n) is 3.79. The molecule has 134 valence electrons. The van der Waals surface area contributed by atoms with Crippen molar-refractivity contribution >= 4 is 5.91 Å². The Balaban J connectivity index is 1.81. The van der Waals surface area contributed by atoms with Gasteiger partial charge in [-0.3, -0.25) is 4.79 Å². The maximum atomic E-state index is 13.0. The summed E-state index contributed by atoms with van der Waals surface area (Å²) < 4.78 is 2.21. The summed E-state index contributed by atoms with van der Waals surface area (Å²) in [7, 11) is 0. The van der Waals surface area contributed by atoms with Crippen LogP contribution >= 0.6 is 0 Å². The standard InChI is InChI=1S/C21H28N2O2/c1-15-12-20(16(2)23(15)13-18-8-5-4-6-9-18)21(25)22-11-7-10-19(14-22)17(3)24/h4-6,8-9,12,17,19,24H,7,10-11,13-14H2,1-3H3. The first-order valence-electron chi connectivity index (χ1n) is 9.15. The Labute approximate surface area is 150 Å². The van der Waals surface area contributed by atoms with E-state index in [9.17, 15) is 9.90 Å². The lowest BCUT2D eigenvalue weighted by molar-refractivity contribution is 0.0465. The maximum absolute atomic E-state index is 13.0. The molecule has 1 aromatic heterocycles. The highest BCUT2D eigenvalue weighted by Gasteiger charge is 2.28. The van der Waals surface area contributed by atoms with Gasteiger partial charge in [-0.2, -0.15) is 0 Å². The molecule has 1 aromatic carbocycles. The first kappa shape index (κ1) is 17.7. The molecule has 0 bridgehead atoms. The molecule has 3 rings (SSSR count). The van der Waals surface area contributed by atoms with Crippen LogP contribution in [0.4, 0.5) is 0 Å². The zero-order valence-electron chi connectivity index (χ0n) is 15.4. The van der Waals surface area contributed by atoms with Crippen LogP contribution < -0.4 is 0 Å². The van der Waals surface area contributed by atoms with E-state index in [1.54, 1.807) is 0 Å². The minimum absolute atomic E-state index is 0.0951. The zero-order chi connectivity index (χ0) is 18.0. The van der Waals surface area contributed by atoms with Gasteiger partial charge in [0.15, 0.2) is 0 Å². The van der Waals surface area contributed by atoms with Gasteiger partial charge in [0, 0.05) is 36.9 Å². The van der Waals surface area contributed by atoms with Crippen molar-refractivity contribution in [3.8, 4) is 0 Å². The Hall–Kier alpha value is -2.07. The van der Waals surface area contributed by atoms with E-state index in [-0.39, 0.29) is 17.9 Å². The number of aliphatic hydroxyl groups excluding tert-OH is 1. The SMILES string of the molecule is Cc1cc(C(=O)N2CCCC(C(C)O)C2)c(C)n1Cc1ccccc1. The third-order valence-electron chi connectivity index (χ3n) is 5.41. The van der Waals surface area contributed by atoms with Gasteiger partial charge < -0.3 is 14.6 Å². The Morgan fingerprint density at radius 1 is 1.28 bits per heavy atom. The summed E-state index contributed by atoms with van der Waals surface area (Å²) >= 11 is 0. The second-order valence-electron chi connectivity index (χ2n) is 7.25. The van der Waals surface area contributed by atoms with E-state index in [2.05, 4.69) is 23.6 Å². The summed E-state index contributed by atoms with van der Waals surface area (Å²) in [6, 6.07) is 12.3. The molecule has 25 heavy (non-hydrogen) atoms. The van der Waals surface area contributed by atoms with Crippen LogP contribution in [0.1, 0.15) is 47.1 Å². The molecule has 1 aliphatic heterocycles. The highest BCUT2D eigenvalue weighted by molar-refractivity contribution is 5.95. The largest absolute Gasteiger partial charge is 0.393 e. The number of aliphatic hydroxyl groups is 1. The summed E-state index contributed by atoms with van der Waals surface area (Å²) in [5.74, 6) is 0.281. The number of nitrogens with zero attached hydrogens (tertiary/aromatic N) is 2. The summed E-state index contributed by atoms with van der Waals surface area (Å²) in [6.45, 7) is 8.12. The normalized spacial score (nSPS) is 19.0. The first-order chi connectivity index (χ1) is 12.0. The average Bonchev–Trinajstić information content (AvgIpc) is 2.90. The van der Waals surface area contributed by atoms with Crippen LogP contribution in [0.15, 0.2) is 36.4 Å². The number of carbonyl (C=O) groups excluding carboxylic acids is 1. The van der Waals surface area contributed by atoms with E-state index >= 15 is 0 Å². The Morgan fingerprint density at radius 2 is 2.00 bits per heavy atom. The number of amides is 1. The highest BCUT2D eigenvalue weighted by atomic mass is 16.3. The number of aromatic nitrogens is 1. The third kappa shape index (κ3) is 3.79. The second-order valence-corrected chi connectivity index (χ2v) is 7.25. The van der Waals surface area contributed by atoms with Gasteiger partial charge in [0.1, 0.15) is 0 Å². The molecule has 4 heteroatoms. The molecule has 1 saturated heterocycles. The molecule has 0 aliphatic carbocycles. The molecule has 0 spiro atoms. The molecule has 1 amide bonds. The van der Waals surface area contributed by atoms with Gasteiger partial charge >= 0.3 is 0 Å². The monoisotopic (exact) mass is 340 g/mol. The van der Waals surface area contributed by atoms with Crippen molar-refractivity contribution < 1.29 is 9.90 Å². The molecule has 4 nitrogen and oxygen atoms in total. The number of hydrogen-bond donors (Lipinski definition) is 1. The summed E-state index contributed by atoms with van der Waals surface area (Å²) in [4.78, 5) is 14.9. The molecule has 2 aromatic rings. The molecule has 1 N–H and O–H groups in total. The predicted octanol–water partition coefficient (Wildman–Crippen LogP) is 3.39. The van der Waals surface area contributed by atoms with Crippen LogP contribution in [-0.4, -0.2) is 39.7 Å². The van der Waals surface area contributed by atoms with Gasteiger partial charge in [-0.15, -0.1) is 0 Å². The van der Waals surface area contributed by atoms with Crippen molar-refractivity contribution in [2.24, 2.45) is 5.92 Å². The van der Waals surface area contributed by atoms with E-state index < -0.39 is 0 Å². The molecule has 2 heterocycles. The van der Waals surface area contributed by atoms with Crippen molar-refractivity contribution in [1.29, 1.82) is 0 Å². The smallest absolute Gasteiger partial charge is 0.255 e. The molecular formula is C21H28N2O2. The number of rotatable bonds is 4. The fraction of sp³-hybridized carbons (Fsp3) is 0.476. The number of benzene rings is 1. The van der Waals surface area contributed by atoms with Crippen LogP contribution in [0.25, 0.3) is 0 Å². The van der Waals surface area contributed by atoms with Crippen LogP contribution in [0.5, 0.6) is 0 Å². The van der Waals surface area contributed by atoms with E-state index in [0.717, 1.165) is 42.9 Å². The number of piperidine rings is 1. The van der Waals surface area contributed by atoms with Gasteiger partial charge in [-0.1, -0.05) is 30.3 Å². The Bertz CT molecular complexity index is 734. The summed E-state index contributed by atoms with van der Waals surface area (Å²) in [5, 5.41) is 9.87. The van der Waals surface area contributed by atoms with Gasteiger partial charge in [0.05, 0.1) is 11.7 Å². The van der Waals surface area contributed by atoms with Gasteiger partial charge in [0.2, 0.25) is 0 Å². The van der Waals surface area contributed by atoms with Crippen LogP contribution in [-0.2, 0) is 6.54 Å². The Kier molecular flexibility index (Phi) is 5.28. The van der Waals surface area contributed by atoms with E-state index in [1.807, 2.05) is 43.0 Å². The van der Waals surface area contributed by atoms with Crippen LogP contribution in [0.2, 0.25) is 0 Å². The topological polar surface area (TPSA) is 45.5 Å². The summed E-state index contributed by atoms with van der Waals surface area (Å²) in [6.07, 6.45) is 1.60. The quantitative estimate of drug-likeness (QED) is 0.927. The van der Waals surface area contributed by atoms with Crippen molar-refractivity contribution in [1.82, 2.24) is 9.47 Å². The van der Waals surface area contributed by atoms with Gasteiger partial charge in [0.25, 0.3) is 5.91 Å². The lowest BCUT2D eigenvalue weighted by atomic mass is 9.93. The number of hydrogen-bond acceptors (Lipinski definition) is 2. The van der Waals surface area contributed by atoms with Crippen LogP contribution in [0, 0.1) is 19.8 Å². The molecule has 0 radical (unpaired) electrons. The van der Waals surface area contributed by atoms with Gasteiger partial charge in [-0.05, 0) is 45.2 Å². The minimum Gasteiger partial charge on any atom is -0.393 e. The highest BCUT2D eigenvalue weighted by Crippen LogP contribution is 2.24. The lowest BCUT2D eigenvalue weighted by Crippen LogP contribution is -2.43. The number of carbonyl (C=O) groups is 1. The van der Waals surface area contributed by atoms with Gasteiger partial charge in [-0.25, -0.2) is 0 Å². The number of likely N-dealkylation sites (tertiary alicyclic amines) is 1. The third-order valence-corrected chi connectivity index (χ3v) is 5.41. The minimum atomic E-state index is -0.360. The summed E-state index contributed by atoms with van der Waals surface area (Å²) in [5.41, 5.74) is 4.15. The van der Waals surface area contributed by atoms with Crippen molar-refractivity contribution in [3.63, 3.8) is 0 Å². The van der Waals surface area contributed by atoms with Crippen LogP contribution in [0.3, 0.4) is 0 Å². The fourth-order valence-corrected chi connectivity index (χ4v) is 3.79. The maximum Gasteiger partial charge on any atom is 0.255 e.